The largest absolute Gasteiger partial charge is 0.497 e. The number of para-hydroxylation sites is 2. The maximum atomic E-state index is 12.5. The minimum atomic E-state index is -0.485. The smallest absolute Gasteiger partial charge is 0.347 e. The molecule has 1 heterocycles. The molecule has 2 amide bonds. The molecular formula is C22H17N3O4. The fourth-order valence-electron chi connectivity index (χ4n) is 2.90. The fourth-order valence-corrected chi connectivity index (χ4v) is 2.90. The predicted molar refractivity (Wildman–Crippen MR) is 111 cm³/mol. The number of carbonyl (C=O) groups is 1. The van der Waals surface area contributed by atoms with Gasteiger partial charge in [-0.25, -0.2) is 14.6 Å². The van der Waals surface area contributed by atoms with E-state index in [0.717, 1.165) is 0 Å². The molecule has 4 aromatic rings. The monoisotopic (exact) mass is 387 g/mol. The number of nitrogens with zero attached hydrogens (tertiary/aromatic N) is 1. The van der Waals surface area contributed by atoms with E-state index >= 15 is 0 Å². The van der Waals surface area contributed by atoms with Crippen LogP contribution in [0.25, 0.3) is 22.4 Å². The van der Waals surface area contributed by atoms with Gasteiger partial charge in [0.05, 0.1) is 29.3 Å². The molecule has 7 heteroatoms. The molecular weight excluding hydrogens is 370 g/mol. The van der Waals surface area contributed by atoms with Gasteiger partial charge in [0.25, 0.3) is 0 Å². The number of benzene rings is 3. The van der Waals surface area contributed by atoms with Gasteiger partial charge >= 0.3 is 11.7 Å². The standard InChI is InChI=1S/C22H17N3O4/c1-28-15-8-6-7-14(13-15)23-22(27)25-18-11-4-2-9-16(18)20-24-19-12-5-3-10-17(19)21(26)29-20/h2-13H,1H3,(H2,23,25,27). The van der Waals surface area contributed by atoms with E-state index < -0.39 is 11.7 Å². The van der Waals surface area contributed by atoms with Crippen LogP contribution in [0, 0.1) is 0 Å². The lowest BCUT2D eigenvalue weighted by Crippen LogP contribution is -2.20. The molecule has 4 rings (SSSR count). The van der Waals surface area contributed by atoms with Crippen molar-refractivity contribution in [2.24, 2.45) is 0 Å². The predicted octanol–water partition coefficient (Wildman–Crippen LogP) is 4.51. The van der Waals surface area contributed by atoms with Gasteiger partial charge in [-0.1, -0.05) is 30.3 Å². The Hall–Kier alpha value is -4.13. The summed E-state index contributed by atoms with van der Waals surface area (Å²) in [5.74, 6) is 0.760. The first-order valence-electron chi connectivity index (χ1n) is 8.85. The first kappa shape index (κ1) is 18.2. The lowest BCUT2D eigenvalue weighted by molar-refractivity contribution is 0.262. The van der Waals surface area contributed by atoms with Gasteiger partial charge in [0.15, 0.2) is 0 Å². The van der Waals surface area contributed by atoms with E-state index in [0.29, 0.717) is 33.6 Å². The number of amides is 2. The van der Waals surface area contributed by atoms with Crippen LogP contribution in [-0.4, -0.2) is 18.1 Å². The third kappa shape index (κ3) is 3.93. The number of methoxy groups -OCH3 is 1. The van der Waals surface area contributed by atoms with E-state index in [2.05, 4.69) is 15.6 Å². The van der Waals surface area contributed by atoms with Crippen molar-refractivity contribution in [2.75, 3.05) is 17.7 Å². The van der Waals surface area contributed by atoms with Gasteiger partial charge in [-0.05, 0) is 36.4 Å². The molecule has 0 aliphatic rings. The number of fused-ring (bicyclic) bond motifs is 1. The summed E-state index contributed by atoms with van der Waals surface area (Å²) in [5.41, 5.74) is 1.57. The summed E-state index contributed by atoms with van der Waals surface area (Å²) in [6.45, 7) is 0. The summed E-state index contributed by atoms with van der Waals surface area (Å²) in [6.07, 6.45) is 0. The maximum absolute atomic E-state index is 12.5. The highest BCUT2D eigenvalue weighted by Gasteiger charge is 2.14. The Morgan fingerprint density at radius 3 is 2.62 bits per heavy atom. The van der Waals surface area contributed by atoms with Crippen LogP contribution >= 0.6 is 0 Å². The van der Waals surface area contributed by atoms with E-state index in [1.807, 2.05) is 0 Å². The Bertz CT molecular complexity index is 1250. The molecule has 0 spiro atoms. The van der Waals surface area contributed by atoms with Gasteiger partial charge in [-0.15, -0.1) is 0 Å². The molecule has 0 radical (unpaired) electrons. The van der Waals surface area contributed by atoms with Crippen molar-refractivity contribution in [1.29, 1.82) is 0 Å². The average molecular weight is 387 g/mol. The summed E-state index contributed by atoms with van der Waals surface area (Å²) in [4.78, 5) is 29.2. The third-order valence-corrected chi connectivity index (χ3v) is 4.27. The second-order valence-corrected chi connectivity index (χ2v) is 6.18. The molecule has 1 aromatic heterocycles. The van der Waals surface area contributed by atoms with Gasteiger partial charge in [0.2, 0.25) is 5.89 Å². The van der Waals surface area contributed by atoms with Crippen LogP contribution in [-0.2, 0) is 0 Å². The molecule has 7 nitrogen and oxygen atoms in total. The summed E-state index contributed by atoms with van der Waals surface area (Å²) < 4.78 is 10.5. The zero-order valence-corrected chi connectivity index (χ0v) is 15.5. The number of carbonyl (C=O) groups excluding carboxylic acids is 1. The van der Waals surface area contributed by atoms with Crippen LogP contribution in [0.2, 0.25) is 0 Å². The van der Waals surface area contributed by atoms with Crippen LogP contribution in [0.15, 0.2) is 82.0 Å². The second kappa shape index (κ2) is 7.85. The van der Waals surface area contributed by atoms with Crippen molar-refractivity contribution in [2.45, 2.75) is 0 Å². The van der Waals surface area contributed by atoms with Crippen LogP contribution < -0.4 is 21.0 Å². The number of rotatable bonds is 4. The van der Waals surface area contributed by atoms with Crippen molar-refractivity contribution in [1.82, 2.24) is 4.98 Å². The first-order chi connectivity index (χ1) is 14.1. The molecule has 0 aliphatic carbocycles. The Morgan fingerprint density at radius 2 is 1.76 bits per heavy atom. The molecule has 3 aromatic carbocycles. The Balaban J connectivity index is 1.63. The molecule has 0 aliphatic heterocycles. The van der Waals surface area contributed by atoms with Crippen molar-refractivity contribution in [3.63, 3.8) is 0 Å². The molecule has 0 atom stereocenters. The number of hydrogen-bond acceptors (Lipinski definition) is 5. The number of hydrogen-bond donors (Lipinski definition) is 2. The number of nitrogens with one attached hydrogen (secondary N) is 2. The van der Waals surface area contributed by atoms with Gasteiger partial charge in [-0.2, -0.15) is 0 Å². The highest BCUT2D eigenvalue weighted by molar-refractivity contribution is 6.02. The van der Waals surface area contributed by atoms with E-state index in [4.69, 9.17) is 9.15 Å². The molecule has 0 bridgehead atoms. The van der Waals surface area contributed by atoms with Crippen LogP contribution in [0.5, 0.6) is 5.75 Å². The normalized spacial score (nSPS) is 10.5. The van der Waals surface area contributed by atoms with Crippen molar-refractivity contribution < 1.29 is 13.9 Å². The van der Waals surface area contributed by atoms with Crippen molar-refractivity contribution in [3.8, 4) is 17.2 Å². The van der Waals surface area contributed by atoms with Gasteiger partial charge in [0, 0.05) is 11.8 Å². The summed E-state index contributed by atoms with van der Waals surface area (Å²) in [5, 5.41) is 5.91. The highest BCUT2D eigenvalue weighted by atomic mass is 16.5. The Kier molecular flexibility index (Phi) is 4.94. The lowest BCUT2D eigenvalue weighted by Gasteiger charge is -2.11. The summed E-state index contributed by atoms with van der Waals surface area (Å²) in [7, 11) is 1.56. The van der Waals surface area contributed by atoms with Crippen LogP contribution in [0.3, 0.4) is 0 Å². The number of anilines is 2. The van der Waals surface area contributed by atoms with E-state index in [1.165, 1.54) is 0 Å². The summed E-state index contributed by atoms with van der Waals surface area (Å²) in [6, 6.07) is 20.5. The molecule has 2 N–H and O–H groups in total. The van der Waals surface area contributed by atoms with Gasteiger partial charge in [-0.3, -0.25) is 0 Å². The third-order valence-electron chi connectivity index (χ3n) is 4.27. The Labute approximate surface area is 166 Å². The minimum Gasteiger partial charge on any atom is -0.497 e. The molecule has 144 valence electrons. The summed E-state index contributed by atoms with van der Waals surface area (Å²) >= 11 is 0. The number of aromatic nitrogens is 1. The molecule has 0 saturated carbocycles. The van der Waals surface area contributed by atoms with E-state index in [9.17, 15) is 9.59 Å². The van der Waals surface area contributed by atoms with Crippen molar-refractivity contribution >= 4 is 28.3 Å². The van der Waals surface area contributed by atoms with Gasteiger partial charge in [0.1, 0.15) is 5.75 Å². The van der Waals surface area contributed by atoms with Crippen LogP contribution in [0.1, 0.15) is 0 Å². The highest BCUT2D eigenvalue weighted by Crippen LogP contribution is 2.27. The zero-order valence-electron chi connectivity index (χ0n) is 15.5. The molecule has 0 unspecified atom stereocenters. The number of urea groups is 1. The SMILES string of the molecule is COc1cccc(NC(=O)Nc2ccccc2-c2nc3ccccc3c(=O)o2)c1. The van der Waals surface area contributed by atoms with E-state index in [-0.39, 0.29) is 5.89 Å². The zero-order chi connectivity index (χ0) is 20.2. The van der Waals surface area contributed by atoms with Gasteiger partial charge < -0.3 is 19.8 Å². The molecule has 29 heavy (non-hydrogen) atoms. The van der Waals surface area contributed by atoms with E-state index in [1.54, 1.807) is 79.9 Å². The fraction of sp³-hybridized carbons (Fsp3) is 0.0455. The molecule has 0 fully saturated rings. The maximum Gasteiger partial charge on any atom is 0.347 e. The number of ether oxygens (including phenoxy) is 1. The second-order valence-electron chi connectivity index (χ2n) is 6.18. The van der Waals surface area contributed by atoms with Crippen LogP contribution in [0.4, 0.5) is 16.2 Å². The average Bonchev–Trinajstić information content (AvgIpc) is 2.74. The molecule has 0 saturated heterocycles. The topological polar surface area (TPSA) is 93.5 Å². The minimum absolute atomic E-state index is 0.131. The Morgan fingerprint density at radius 1 is 0.966 bits per heavy atom. The van der Waals surface area contributed by atoms with Crippen molar-refractivity contribution in [3.05, 3.63) is 83.2 Å². The quantitative estimate of drug-likeness (QED) is 0.537. The lowest BCUT2D eigenvalue weighted by atomic mass is 10.1. The first-order valence-corrected chi connectivity index (χ1v) is 8.85.